The van der Waals surface area contributed by atoms with Crippen molar-refractivity contribution in [1.82, 2.24) is 9.97 Å². The fraction of sp³-hybridized carbons (Fsp3) is 0.0667. The van der Waals surface area contributed by atoms with Crippen LogP contribution < -0.4 is 10.1 Å². The minimum atomic E-state index is -0.287. The molecule has 6 heteroatoms. The minimum Gasteiger partial charge on any atom is -0.495 e. The molecule has 3 aromatic rings. The Morgan fingerprint density at radius 1 is 1.29 bits per heavy atom. The van der Waals surface area contributed by atoms with E-state index < -0.39 is 0 Å². The second-order valence-electron chi connectivity index (χ2n) is 4.41. The number of halogens is 1. The number of aromatic nitrogens is 2. The molecule has 106 valence electrons. The van der Waals surface area contributed by atoms with Crippen LogP contribution in [0.25, 0.3) is 11.0 Å². The molecule has 0 atom stereocenters. The van der Waals surface area contributed by atoms with Crippen LogP contribution in [0.2, 0.25) is 5.02 Å². The van der Waals surface area contributed by atoms with E-state index in [2.05, 4.69) is 15.3 Å². The summed E-state index contributed by atoms with van der Waals surface area (Å²) in [5, 5.41) is 4.17. The lowest BCUT2D eigenvalue weighted by Crippen LogP contribution is -2.13. The summed E-state index contributed by atoms with van der Waals surface area (Å²) >= 11 is 5.82. The lowest BCUT2D eigenvalue weighted by Gasteiger charge is -2.10. The number of rotatable bonds is 3. The third-order valence-electron chi connectivity index (χ3n) is 3.09. The van der Waals surface area contributed by atoms with E-state index in [-0.39, 0.29) is 5.91 Å². The second kappa shape index (κ2) is 5.46. The third kappa shape index (κ3) is 2.55. The number of pyridine rings is 1. The van der Waals surface area contributed by atoms with Gasteiger partial charge >= 0.3 is 0 Å². The maximum absolute atomic E-state index is 12.4. The van der Waals surface area contributed by atoms with Crippen LogP contribution in [0.4, 0.5) is 5.69 Å². The van der Waals surface area contributed by atoms with Gasteiger partial charge in [0, 0.05) is 23.1 Å². The van der Waals surface area contributed by atoms with Gasteiger partial charge in [-0.3, -0.25) is 4.79 Å². The quantitative estimate of drug-likeness (QED) is 0.778. The Kier molecular flexibility index (Phi) is 3.50. The molecule has 1 aromatic carbocycles. The predicted molar refractivity (Wildman–Crippen MR) is 82.1 cm³/mol. The first-order chi connectivity index (χ1) is 10.2. The molecule has 2 heterocycles. The number of anilines is 1. The number of nitrogens with one attached hydrogen (secondary N) is 2. The van der Waals surface area contributed by atoms with E-state index in [0.29, 0.717) is 27.7 Å². The van der Waals surface area contributed by atoms with Crippen molar-refractivity contribution in [2.45, 2.75) is 0 Å². The molecular weight excluding hydrogens is 290 g/mol. The highest BCUT2D eigenvalue weighted by atomic mass is 35.5. The van der Waals surface area contributed by atoms with Crippen LogP contribution in [0.5, 0.6) is 5.75 Å². The average Bonchev–Trinajstić information content (AvgIpc) is 2.97. The molecule has 0 fully saturated rings. The van der Waals surface area contributed by atoms with Crippen molar-refractivity contribution in [3.8, 4) is 5.75 Å². The van der Waals surface area contributed by atoms with Crippen LogP contribution in [0.1, 0.15) is 10.4 Å². The SMILES string of the molecule is COc1c(C(=O)Nc2ccc(Cl)cc2)cnc2[nH]ccc12. The van der Waals surface area contributed by atoms with Gasteiger partial charge < -0.3 is 15.0 Å². The number of aromatic amines is 1. The number of carbonyl (C=O) groups is 1. The Balaban J connectivity index is 1.95. The Morgan fingerprint density at radius 3 is 2.76 bits per heavy atom. The highest BCUT2D eigenvalue weighted by Gasteiger charge is 2.16. The number of nitrogens with zero attached hydrogens (tertiary/aromatic N) is 1. The van der Waals surface area contributed by atoms with Crippen LogP contribution in [0.15, 0.2) is 42.7 Å². The molecule has 1 amide bonds. The minimum absolute atomic E-state index is 0.287. The van der Waals surface area contributed by atoms with Gasteiger partial charge in [-0.05, 0) is 30.3 Å². The van der Waals surface area contributed by atoms with E-state index in [1.54, 1.807) is 30.5 Å². The zero-order valence-electron chi connectivity index (χ0n) is 11.2. The van der Waals surface area contributed by atoms with Crippen LogP contribution in [0, 0.1) is 0 Å². The number of hydrogen-bond acceptors (Lipinski definition) is 3. The summed E-state index contributed by atoms with van der Waals surface area (Å²) in [6.45, 7) is 0. The predicted octanol–water partition coefficient (Wildman–Crippen LogP) is 3.48. The number of carbonyl (C=O) groups excluding carboxylic acids is 1. The van der Waals surface area contributed by atoms with E-state index in [1.807, 2.05) is 6.07 Å². The van der Waals surface area contributed by atoms with Crippen molar-refractivity contribution < 1.29 is 9.53 Å². The molecule has 0 radical (unpaired) electrons. The van der Waals surface area contributed by atoms with Gasteiger partial charge in [-0.1, -0.05) is 11.6 Å². The van der Waals surface area contributed by atoms with Crippen LogP contribution >= 0.6 is 11.6 Å². The normalized spacial score (nSPS) is 10.6. The molecule has 0 saturated heterocycles. The molecule has 5 nitrogen and oxygen atoms in total. The van der Waals surface area contributed by atoms with Gasteiger partial charge in [-0.25, -0.2) is 4.98 Å². The molecular formula is C15H12ClN3O2. The van der Waals surface area contributed by atoms with E-state index in [9.17, 15) is 4.79 Å². The van der Waals surface area contributed by atoms with E-state index in [4.69, 9.17) is 16.3 Å². The summed E-state index contributed by atoms with van der Waals surface area (Å²) in [6.07, 6.45) is 3.24. The number of H-pyrrole nitrogens is 1. The molecule has 0 aliphatic heterocycles. The first-order valence-electron chi connectivity index (χ1n) is 6.26. The van der Waals surface area contributed by atoms with Crippen molar-refractivity contribution in [1.29, 1.82) is 0 Å². The van der Waals surface area contributed by atoms with Crippen LogP contribution in [-0.4, -0.2) is 23.0 Å². The number of amides is 1. The molecule has 0 saturated carbocycles. The summed E-state index contributed by atoms with van der Waals surface area (Å²) in [4.78, 5) is 19.6. The van der Waals surface area contributed by atoms with Crippen LogP contribution in [-0.2, 0) is 0 Å². The van der Waals surface area contributed by atoms with Gasteiger partial charge in [-0.15, -0.1) is 0 Å². The molecule has 0 aliphatic carbocycles. The highest BCUT2D eigenvalue weighted by Crippen LogP contribution is 2.28. The standard InChI is InChI=1S/C15H12ClN3O2/c1-21-13-11-6-7-17-14(11)18-8-12(13)15(20)19-10-4-2-9(16)3-5-10/h2-8H,1H3,(H,17,18)(H,19,20). The molecule has 3 rings (SSSR count). The first kappa shape index (κ1) is 13.5. The second-order valence-corrected chi connectivity index (χ2v) is 4.84. The monoisotopic (exact) mass is 301 g/mol. The Morgan fingerprint density at radius 2 is 2.05 bits per heavy atom. The Hall–Kier alpha value is -2.53. The number of benzene rings is 1. The van der Waals surface area contributed by atoms with E-state index >= 15 is 0 Å². The number of methoxy groups -OCH3 is 1. The van der Waals surface area contributed by atoms with Gasteiger partial charge in [-0.2, -0.15) is 0 Å². The van der Waals surface area contributed by atoms with Crippen molar-refractivity contribution >= 4 is 34.2 Å². The molecule has 0 aliphatic rings. The third-order valence-corrected chi connectivity index (χ3v) is 3.34. The van der Waals surface area contributed by atoms with Gasteiger partial charge in [0.15, 0.2) is 0 Å². The van der Waals surface area contributed by atoms with E-state index in [1.165, 1.54) is 13.3 Å². The summed E-state index contributed by atoms with van der Waals surface area (Å²) in [5.74, 6) is 0.206. The number of hydrogen-bond donors (Lipinski definition) is 2. The van der Waals surface area contributed by atoms with Gasteiger partial charge in [0.1, 0.15) is 17.0 Å². The first-order valence-corrected chi connectivity index (χ1v) is 6.64. The Bertz CT molecular complexity index is 796. The van der Waals surface area contributed by atoms with E-state index in [0.717, 1.165) is 5.39 Å². The zero-order valence-corrected chi connectivity index (χ0v) is 11.9. The largest absolute Gasteiger partial charge is 0.495 e. The van der Waals surface area contributed by atoms with Gasteiger partial charge in [0.25, 0.3) is 5.91 Å². The van der Waals surface area contributed by atoms with Crippen molar-refractivity contribution in [2.75, 3.05) is 12.4 Å². The highest BCUT2D eigenvalue weighted by molar-refractivity contribution is 6.30. The molecule has 0 unspecified atom stereocenters. The molecule has 0 spiro atoms. The molecule has 0 bridgehead atoms. The zero-order chi connectivity index (χ0) is 14.8. The van der Waals surface area contributed by atoms with Crippen molar-refractivity contribution in [3.05, 3.63) is 53.3 Å². The van der Waals surface area contributed by atoms with Crippen LogP contribution in [0.3, 0.4) is 0 Å². The summed E-state index contributed by atoms with van der Waals surface area (Å²) in [6, 6.07) is 8.70. The smallest absolute Gasteiger partial charge is 0.261 e. The molecule has 2 N–H and O–H groups in total. The fourth-order valence-electron chi connectivity index (χ4n) is 2.10. The summed E-state index contributed by atoms with van der Waals surface area (Å²) in [7, 11) is 1.53. The van der Waals surface area contributed by atoms with Crippen molar-refractivity contribution in [3.63, 3.8) is 0 Å². The van der Waals surface area contributed by atoms with Crippen molar-refractivity contribution in [2.24, 2.45) is 0 Å². The number of fused-ring (bicyclic) bond motifs is 1. The summed E-state index contributed by atoms with van der Waals surface area (Å²) < 4.78 is 5.35. The van der Waals surface area contributed by atoms with Gasteiger partial charge in [0.2, 0.25) is 0 Å². The Labute approximate surface area is 125 Å². The van der Waals surface area contributed by atoms with Gasteiger partial charge in [0.05, 0.1) is 12.5 Å². The maximum atomic E-state index is 12.4. The lowest BCUT2D eigenvalue weighted by atomic mass is 10.2. The maximum Gasteiger partial charge on any atom is 0.261 e. The fourth-order valence-corrected chi connectivity index (χ4v) is 2.22. The average molecular weight is 302 g/mol. The molecule has 21 heavy (non-hydrogen) atoms. The lowest BCUT2D eigenvalue weighted by molar-refractivity contribution is 0.102. The topological polar surface area (TPSA) is 67.0 Å². The molecule has 2 aromatic heterocycles. The summed E-state index contributed by atoms with van der Waals surface area (Å²) in [5.41, 5.74) is 1.70. The number of ether oxygens (including phenoxy) is 1.